The maximum absolute atomic E-state index is 12.2. The number of rotatable bonds is 12. The molecule has 1 fully saturated rings. The lowest BCUT2D eigenvalue weighted by atomic mass is 10.00. The number of aliphatic carboxylic acids is 1. The van der Waals surface area contributed by atoms with Crippen LogP contribution in [-0.2, 0) is 49.9 Å². The highest BCUT2D eigenvalue weighted by Gasteiger charge is 2.31. The van der Waals surface area contributed by atoms with Crippen molar-refractivity contribution < 1.29 is 45.7 Å². The molecule has 0 saturated carbocycles. The minimum absolute atomic E-state index is 0.0321. The molecule has 0 bridgehead atoms. The number of carboxylic acid groups (broad SMARTS) is 1. The second-order valence-electron chi connectivity index (χ2n) is 12.2. The van der Waals surface area contributed by atoms with Crippen molar-refractivity contribution >= 4 is 37.2 Å². The number of aliphatic hydroxyl groups excluding tert-OH is 1. The number of nitrogens with one attached hydrogen (secondary N) is 1. The minimum atomic E-state index is -4.44. The van der Waals surface area contributed by atoms with Gasteiger partial charge in [-0.15, -0.1) is 0 Å². The zero-order valence-corrected chi connectivity index (χ0v) is 28.7. The number of fused-ring (bicyclic) bond motifs is 1. The van der Waals surface area contributed by atoms with E-state index in [1.165, 1.54) is 20.8 Å². The van der Waals surface area contributed by atoms with Crippen LogP contribution in [0, 0.1) is 18.8 Å². The summed E-state index contributed by atoms with van der Waals surface area (Å²) in [6.07, 6.45) is 2.78. The molecule has 1 aliphatic rings. The predicted molar refractivity (Wildman–Crippen MR) is 175 cm³/mol. The average Bonchev–Trinajstić information content (AvgIpc) is 3.31. The monoisotopic (exact) mass is 700 g/mol. The van der Waals surface area contributed by atoms with Crippen LogP contribution < -0.4 is 10.9 Å². The van der Waals surface area contributed by atoms with Crippen molar-refractivity contribution in [2.24, 2.45) is 18.9 Å². The van der Waals surface area contributed by atoms with Crippen LogP contribution in [0.4, 0.5) is 0 Å². The fourth-order valence-corrected chi connectivity index (χ4v) is 8.09. The van der Waals surface area contributed by atoms with E-state index in [4.69, 9.17) is 18.8 Å². The summed E-state index contributed by atoms with van der Waals surface area (Å²) < 4.78 is 68.3. The van der Waals surface area contributed by atoms with Crippen LogP contribution in [-0.4, -0.2) is 92.6 Å². The number of pyridine rings is 1. The first-order valence-corrected chi connectivity index (χ1v) is 18.2. The van der Waals surface area contributed by atoms with Crippen LogP contribution in [0.5, 0.6) is 0 Å². The SMILES string of the molecule is CC(C)C(CS(=O)(=O)O)S(=O)(=O)O.Cc1cc(-c2nc3cc(CN[C@H](C(=O)O)[C@@H](C)O)ccc3n2CC2CCOCC2)cn(C)c1=O. The number of aromatic nitrogens is 3. The van der Waals surface area contributed by atoms with Gasteiger partial charge in [0.05, 0.1) is 22.9 Å². The van der Waals surface area contributed by atoms with Crippen molar-refractivity contribution in [1.82, 2.24) is 19.4 Å². The van der Waals surface area contributed by atoms with Gasteiger partial charge in [-0.3, -0.25) is 24.0 Å². The Kier molecular flexibility index (Phi) is 12.9. The Morgan fingerprint density at radius 3 is 2.23 bits per heavy atom. The standard InChI is InChI=1S/C25H32N4O5.C5H12O6S2/c1-15-10-19(14-28(3)24(15)31)23-27-20-11-18(12-26-22(16(2)30)25(32)33)4-5-21(20)29(23)13-17-6-8-34-9-7-17;1-4(2)5(13(9,10)11)3-12(6,7)8/h4-5,10-11,14,16-17,22,26,30H,6-9,12-13H2,1-3H3,(H,32,33);4-5H,3H2,1-2H3,(H,6,7,8)(H,9,10,11)/t16-,22+;/m1./s1. The molecule has 3 atom stereocenters. The van der Waals surface area contributed by atoms with Gasteiger partial charge in [-0.05, 0) is 62.3 Å². The number of aryl methyl sites for hydroxylation is 2. The number of nitrogens with zero attached hydrogens (tertiary/aromatic N) is 3. The Bertz CT molecular complexity index is 1800. The Morgan fingerprint density at radius 2 is 1.74 bits per heavy atom. The Balaban J connectivity index is 0.000000392. The third-order valence-electron chi connectivity index (χ3n) is 7.99. The van der Waals surface area contributed by atoms with E-state index in [0.29, 0.717) is 18.0 Å². The lowest BCUT2D eigenvalue weighted by Gasteiger charge is -2.23. The molecular weight excluding hydrogens is 656 g/mol. The minimum Gasteiger partial charge on any atom is -0.480 e. The van der Waals surface area contributed by atoms with Gasteiger partial charge < -0.3 is 24.1 Å². The van der Waals surface area contributed by atoms with Crippen molar-refractivity contribution in [3.8, 4) is 11.4 Å². The van der Waals surface area contributed by atoms with Crippen molar-refractivity contribution in [3.05, 3.63) is 51.9 Å². The molecule has 0 radical (unpaired) electrons. The third kappa shape index (κ3) is 10.7. The van der Waals surface area contributed by atoms with E-state index < -0.39 is 55.3 Å². The number of aliphatic hydroxyl groups is 1. The van der Waals surface area contributed by atoms with Gasteiger partial charge in [0, 0.05) is 50.7 Å². The number of imidazole rings is 1. The second kappa shape index (κ2) is 15.8. The molecule has 17 heteroatoms. The van der Waals surface area contributed by atoms with E-state index in [1.54, 1.807) is 11.6 Å². The van der Waals surface area contributed by atoms with Crippen LogP contribution in [0.1, 0.15) is 44.7 Å². The van der Waals surface area contributed by atoms with Crippen LogP contribution in [0.25, 0.3) is 22.4 Å². The molecule has 1 aromatic carbocycles. The molecule has 1 aliphatic heterocycles. The van der Waals surface area contributed by atoms with E-state index in [1.807, 2.05) is 37.4 Å². The first-order valence-electron chi connectivity index (χ1n) is 15.1. The molecule has 1 saturated heterocycles. The highest BCUT2D eigenvalue weighted by molar-refractivity contribution is 7.90. The number of ether oxygens (including phenoxy) is 1. The molecule has 262 valence electrons. The molecule has 3 aromatic rings. The molecule has 3 heterocycles. The van der Waals surface area contributed by atoms with Gasteiger partial charge in [-0.2, -0.15) is 16.8 Å². The first-order chi connectivity index (χ1) is 21.8. The van der Waals surface area contributed by atoms with Gasteiger partial charge in [-0.25, -0.2) is 4.98 Å². The van der Waals surface area contributed by atoms with Crippen molar-refractivity contribution in [1.29, 1.82) is 0 Å². The Labute approximate surface area is 274 Å². The van der Waals surface area contributed by atoms with E-state index in [0.717, 1.165) is 60.6 Å². The van der Waals surface area contributed by atoms with Crippen LogP contribution in [0.15, 0.2) is 35.3 Å². The second-order valence-corrected chi connectivity index (χ2v) is 15.4. The van der Waals surface area contributed by atoms with E-state index in [9.17, 15) is 36.6 Å². The van der Waals surface area contributed by atoms with Gasteiger partial charge in [0.15, 0.2) is 0 Å². The summed E-state index contributed by atoms with van der Waals surface area (Å²) in [6.45, 7) is 8.74. The van der Waals surface area contributed by atoms with Gasteiger partial charge in [0.1, 0.15) is 17.1 Å². The Morgan fingerprint density at radius 1 is 1.11 bits per heavy atom. The predicted octanol–water partition coefficient (Wildman–Crippen LogP) is 1.85. The molecule has 15 nitrogen and oxygen atoms in total. The summed E-state index contributed by atoms with van der Waals surface area (Å²) in [7, 11) is -7.08. The Hall–Kier alpha value is -3.19. The highest BCUT2D eigenvalue weighted by atomic mass is 32.2. The molecule has 0 aliphatic carbocycles. The summed E-state index contributed by atoms with van der Waals surface area (Å²) in [5.41, 5.74) is 4.17. The van der Waals surface area contributed by atoms with Gasteiger partial charge >= 0.3 is 5.97 Å². The van der Waals surface area contributed by atoms with Crippen molar-refractivity contribution in [2.75, 3.05) is 19.0 Å². The molecule has 5 N–H and O–H groups in total. The molecule has 0 spiro atoms. The van der Waals surface area contributed by atoms with Crippen molar-refractivity contribution in [2.45, 2.75) is 71.0 Å². The van der Waals surface area contributed by atoms with Crippen LogP contribution >= 0.6 is 0 Å². The topological polar surface area (TPSA) is 227 Å². The smallest absolute Gasteiger partial charge is 0.323 e. The zero-order valence-electron chi connectivity index (χ0n) is 27.0. The van der Waals surface area contributed by atoms with Gasteiger partial charge in [0.2, 0.25) is 0 Å². The summed E-state index contributed by atoms with van der Waals surface area (Å²) in [4.78, 5) is 28.6. The average molecular weight is 701 g/mol. The highest BCUT2D eigenvalue weighted by Crippen LogP contribution is 2.29. The van der Waals surface area contributed by atoms with E-state index in [-0.39, 0.29) is 5.56 Å². The fraction of sp³-hybridized carbons (Fsp3) is 0.567. The largest absolute Gasteiger partial charge is 0.480 e. The molecule has 1 unspecified atom stereocenters. The zero-order chi connectivity index (χ0) is 35.3. The van der Waals surface area contributed by atoms with Crippen LogP contribution in [0.2, 0.25) is 0 Å². The molecule has 0 amide bonds. The summed E-state index contributed by atoms with van der Waals surface area (Å²) in [5, 5.41) is 20.5. The maximum atomic E-state index is 12.2. The summed E-state index contributed by atoms with van der Waals surface area (Å²) >= 11 is 0. The molecular formula is C30H44N4O11S2. The summed E-state index contributed by atoms with van der Waals surface area (Å²) in [5.74, 6) is -1.38. The third-order valence-corrected chi connectivity index (χ3v) is 10.5. The van der Waals surface area contributed by atoms with E-state index >= 15 is 0 Å². The normalized spacial score (nSPS) is 16.4. The summed E-state index contributed by atoms with van der Waals surface area (Å²) in [6, 6.07) is 6.74. The van der Waals surface area contributed by atoms with Crippen LogP contribution in [0.3, 0.4) is 0 Å². The van der Waals surface area contributed by atoms with Gasteiger partial charge in [0.25, 0.3) is 25.8 Å². The number of hydrogen-bond acceptors (Lipinski definition) is 10. The number of hydrogen-bond donors (Lipinski definition) is 5. The number of carboxylic acids is 1. The fourth-order valence-electron chi connectivity index (χ4n) is 5.40. The maximum Gasteiger partial charge on any atom is 0.323 e. The quantitative estimate of drug-likeness (QED) is 0.170. The van der Waals surface area contributed by atoms with Crippen molar-refractivity contribution in [3.63, 3.8) is 0 Å². The first kappa shape index (κ1) is 38.3. The molecule has 2 aromatic heterocycles. The lowest BCUT2D eigenvalue weighted by molar-refractivity contribution is -0.142. The number of carbonyl (C=O) groups is 1. The number of benzene rings is 1. The molecule has 4 rings (SSSR count). The van der Waals surface area contributed by atoms with E-state index in [2.05, 4.69) is 9.88 Å². The molecule has 47 heavy (non-hydrogen) atoms. The van der Waals surface area contributed by atoms with Gasteiger partial charge in [-0.1, -0.05) is 19.9 Å². The lowest BCUT2D eigenvalue weighted by Crippen LogP contribution is -2.44.